The molecule has 0 bridgehead atoms. The summed E-state index contributed by atoms with van der Waals surface area (Å²) in [5.74, 6) is 1.51. The highest BCUT2D eigenvalue weighted by molar-refractivity contribution is 7.98. The topological polar surface area (TPSA) is 54.0 Å². The van der Waals surface area contributed by atoms with E-state index in [-0.39, 0.29) is 30.7 Å². The fourth-order valence-corrected chi connectivity index (χ4v) is 4.72. The SMILES string of the molecule is Cc1nc(CSc2ccccc2C(=O)NCCC2CCCNC2)cs1.Cl.Cl. The lowest BCUT2D eigenvalue weighted by molar-refractivity contribution is 0.0947. The molecular formula is C19H27Cl2N3OS2. The first-order valence-corrected chi connectivity index (χ1v) is 10.7. The summed E-state index contributed by atoms with van der Waals surface area (Å²) >= 11 is 3.34. The van der Waals surface area contributed by atoms with Crippen LogP contribution in [-0.4, -0.2) is 30.5 Å². The zero-order valence-electron chi connectivity index (χ0n) is 15.4. The lowest BCUT2D eigenvalue weighted by Crippen LogP contribution is -2.33. The van der Waals surface area contributed by atoms with Crippen LogP contribution in [0.1, 0.15) is 40.3 Å². The molecule has 2 heterocycles. The molecule has 4 nitrogen and oxygen atoms in total. The van der Waals surface area contributed by atoms with Gasteiger partial charge in [0.2, 0.25) is 0 Å². The van der Waals surface area contributed by atoms with Crippen LogP contribution in [-0.2, 0) is 5.75 Å². The summed E-state index contributed by atoms with van der Waals surface area (Å²) in [6, 6.07) is 7.84. The number of hydrogen-bond acceptors (Lipinski definition) is 5. The van der Waals surface area contributed by atoms with Gasteiger partial charge in [0.05, 0.1) is 16.3 Å². The smallest absolute Gasteiger partial charge is 0.252 e. The van der Waals surface area contributed by atoms with Crippen molar-refractivity contribution >= 4 is 53.8 Å². The number of nitrogens with zero attached hydrogens (tertiary/aromatic N) is 1. The quantitative estimate of drug-likeness (QED) is 0.603. The Balaban J connectivity index is 0.00000182. The molecule has 8 heteroatoms. The van der Waals surface area contributed by atoms with Gasteiger partial charge >= 0.3 is 0 Å². The number of hydrogen-bond donors (Lipinski definition) is 2. The Hall–Kier alpha value is -0.790. The number of aryl methyl sites for hydroxylation is 1. The van der Waals surface area contributed by atoms with E-state index in [1.807, 2.05) is 31.2 Å². The number of rotatable bonds is 7. The van der Waals surface area contributed by atoms with Gasteiger partial charge in [0.1, 0.15) is 0 Å². The summed E-state index contributed by atoms with van der Waals surface area (Å²) in [6.45, 7) is 4.97. The number of piperidine rings is 1. The van der Waals surface area contributed by atoms with Gasteiger partial charge < -0.3 is 10.6 Å². The first-order valence-electron chi connectivity index (χ1n) is 8.84. The average Bonchev–Trinajstić information content (AvgIpc) is 3.06. The van der Waals surface area contributed by atoms with E-state index in [4.69, 9.17) is 0 Å². The monoisotopic (exact) mass is 447 g/mol. The molecule has 3 rings (SSSR count). The van der Waals surface area contributed by atoms with E-state index >= 15 is 0 Å². The maximum atomic E-state index is 12.6. The molecule has 1 unspecified atom stereocenters. The Morgan fingerprint density at radius 1 is 1.37 bits per heavy atom. The van der Waals surface area contributed by atoms with Gasteiger partial charge in [-0.2, -0.15) is 0 Å². The third-order valence-electron chi connectivity index (χ3n) is 4.41. The number of amides is 1. The zero-order chi connectivity index (χ0) is 17.5. The van der Waals surface area contributed by atoms with Crippen LogP contribution in [0.5, 0.6) is 0 Å². The third-order valence-corrected chi connectivity index (χ3v) is 6.34. The molecule has 0 spiro atoms. The van der Waals surface area contributed by atoms with Gasteiger partial charge in [0.25, 0.3) is 5.91 Å². The normalized spacial score (nSPS) is 16.1. The van der Waals surface area contributed by atoms with E-state index in [9.17, 15) is 4.79 Å². The molecule has 0 radical (unpaired) electrons. The maximum Gasteiger partial charge on any atom is 0.252 e. The molecule has 0 saturated carbocycles. The number of carbonyl (C=O) groups excluding carboxylic acids is 1. The summed E-state index contributed by atoms with van der Waals surface area (Å²) in [5.41, 5.74) is 1.84. The summed E-state index contributed by atoms with van der Waals surface area (Å²) in [4.78, 5) is 18.1. The van der Waals surface area contributed by atoms with Crippen LogP contribution in [0.25, 0.3) is 0 Å². The summed E-state index contributed by atoms with van der Waals surface area (Å²) < 4.78 is 0. The molecule has 1 aromatic carbocycles. The van der Waals surface area contributed by atoms with E-state index < -0.39 is 0 Å². The van der Waals surface area contributed by atoms with E-state index in [2.05, 4.69) is 21.0 Å². The van der Waals surface area contributed by atoms with Gasteiger partial charge in [-0.3, -0.25) is 4.79 Å². The minimum Gasteiger partial charge on any atom is -0.352 e. The van der Waals surface area contributed by atoms with Crippen molar-refractivity contribution in [2.75, 3.05) is 19.6 Å². The molecule has 1 saturated heterocycles. The Morgan fingerprint density at radius 3 is 2.89 bits per heavy atom. The van der Waals surface area contributed by atoms with Gasteiger partial charge in [-0.1, -0.05) is 12.1 Å². The molecule has 1 aromatic heterocycles. The molecule has 1 aliphatic rings. The second kappa shape index (κ2) is 12.6. The van der Waals surface area contributed by atoms with Crippen LogP contribution < -0.4 is 10.6 Å². The number of aromatic nitrogens is 1. The molecule has 150 valence electrons. The van der Waals surface area contributed by atoms with Crippen LogP contribution in [0.15, 0.2) is 34.5 Å². The molecule has 2 N–H and O–H groups in total. The minimum absolute atomic E-state index is 0. The highest BCUT2D eigenvalue weighted by Gasteiger charge is 2.15. The summed E-state index contributed by atoms with van der Waals surface area (Å²) in [5, 5.41) is 9.69. The molecule has 2 aromatic rings. The zero-order valence-corrected chi connectivity index (χ0v) is 18.7. The Morgan fingerprint density at radius 2 is 2.19 bits per heavy atom. The first kappa shape index (κ1) is 24.2. The lowest BCUT2D eigenvalue weighted by atomic mass is 9.96. The van der Waals surface area contributed by atoms with Crippen molar-refractivity contribution in [3.8, 4) is 0 Å². The summed E-state index contributed by atoms with van der Waals surface area (Å²) in [7, 11) is 0. The molecule has 0 aliphatic carbocycles. The van der Waals surface area contributed by atoms with Crippen molar-refractivity contribution in [2.24, 2.45) is 5.92 Å². The third kappa shape index (κ3) is 7.62. The molecule has 27 heavy (non-hydrogen) atoms. The van der Waals surface area contributed by atoms with Gasteiger partial charge in [0, 0.05) is 22.6 Å². The highest BCUT2D eigenvalue weighted by Crippen LogP contribution is 2.27. The molecular weight excluding hydrogens is 421 g/mol. The van der Waals surface area contributed by atoms with Gasteiger partial charge in [-0.25, -0.2) is 4.98 Å². The number of benzene rings is 1. The lowest BCUT2D eigenvalue weighted by Gasteiger charge is -2.22. The highest BCUT2D eigenvalue weighted by atomic mass is 35.5. The van der Waals surface area contributed by atoms with Crippen molar-refractivity contribution in [1.29, 1.82) is 0 Å². The van der Waals surface area contributed by atoms with Gasteiger partial charge in [-0.15, -0.1) is 47.9 Å². The van der Waals surface area contributed by atoms with Crippen molar-refractivity contribution in [3.05, 3.63) is 45.9 Å². The van der Waals surface area contributed by atoms with Crippen LogP contribution in [0.4, 0.5) is 0 Å². The summed E-state index contributed by atoms with van der Waals surface area (Å²) in [6.07, 6.45) is 3.56. The molecule has 1 fully saturated rings. The second-order valence-electron chi connectivity index (χ2n) is 6.40. The van der Waals surface area contributed by atoms with E-state index in [0.717, 1.165) is 53.0 Å². The van der Waals surface area contributed by atoms with Crippen LogP contribution in [0.2, 0.25) is 0 Å². The van der Waals surface area contributed by atoms with Crippen LogP contribution in [0.3, 0.4) is 0 Å². The minimum atomic E-state index is 0. The maximum absolute atomic E-state index is 12.6. The van der Waals surface area contributed by atoms with E-state index in [1.165, 1.54) is 12.8 Å². The number of carbonyl (C=O) groups is 1. The Kier molecular flexibility index (Phi) is 11.3. The molecule has 1 atom stereocenters. The van der Waals surface area contributed by atoms with E-state index in [0.29, 0.717) is 5.92 Å². The second-order valence-corrected chi connectivity index (χ2v) is 8.48. The fraction of sp³-hybridized carbons (Fsp3) is 0.474. The number of nitrogens with one attached hydrogen (secondary N) is 2. The van der Waals surface area contributed by atoms with Gasteiger partial charge in [-0.05, 0) is 57.3 Å². The number of thiazole rings is 1. The Labute approximate surface area is 182 Å². The van der Waals surface area contributed by atoms with Gasteiger partial charge in [0.15, 0.2) is 0 Å². The fourth-order valence-electron chi connectivity index (χ4n) is 3.06. The van der Waals surface area contributed by atoms with E-state index in [1.54, 1.807) is 23.1 Å². The van der Waals surface area contributed by atoms with Crippen LogP contribution >= 0.6 is 47.9 Å². The van der Waals surface area contributed by atoms with Crippen LogP contribution in [0, 0.1) is 12.8 Å². The number of halogens is 2. The molecule has 1 amide bonds. The first-order chi connectivity index (χ1) is 12.2. The predicted molar refractivity (Wildman–Crippen MR) is 120 cm³/mol. The standard InChI is InChI=1S/C19H25N3OS2.2ClH/c1-14-22-16(12-24-14)13-25-18-7-3-2-6-17(18)19(23)21-10-8-15-5-4-9-20-11-15;;/h2-3,6-7,12,15,20H,4-5,8-11,13H2,1H3,(H,21,23);2*1H. The predicted octanol–water partition coefficient (Wildman–Crippen LogP) is 4.71. The largest absolute Gasteiger partial charge is 0.352 e. The Bertz CT molecular complexity index is 706. The average molecular weight is 448 g/mol. The van der Waals surface area contributed by atoms with Crippen molar-refractivity contribution in [1.82, 2.24) is 15.6 Å². The van der Waals surface area contributed by atoms with Crippen molar-refractivity contribution in [2.45, 2.75) is 36.8 Å². The van der Waals surface area contributed by atoms with Crippen molar-refractivity contribution in [3.63, 3.8) is 0 Å². The van der Waals surface area contributed by atoms with Crippen molar-refractivity contribution < 1.29 is 4.79 Å². The number of thioether (sulfide) groups is 1. The molecule has 1 aliphatic heterocycles.